The molecule has 4 bridgehead atoms. The molecule has 0 amide bonds. The topological polar surface area (TPSA) is 61.8 Å². The van der Waals surface area contributed by atoms with Crippen molar-refractivity contribution in [2.45, 2.75) is 63.0 Å². The summed E-state index contributed by atoms with van der Waals surface area (Å²) in [7, 11) is 0. The first-order valence-electron chi connectivity index (χ1n) is 11.0. The highest BCUT2D eigenvalue weighted by atomic mass is 19.4. The lowest BCUT2D eigenvalue weighted by Gasteiger charge is -2.35. The van der Waals surface area contributed by atoms with Crippen LogP contribution in [0, 0.1) is 41.4 Å². The zero-order valence-corrected chi connectivity index (χ0v) is 17.6. The van der Waals surface area contributed by atoms with Crippen LogP contribution in [0.4, 0.5) is 22.0 Å². The van der Waals surface area contributed by atoms with Gasteiger partial charge in [0.1, 0.15) is 12.7 Å². The molecule has 4 aliphatic carbocycles. The lowest BCUT2D eigenvalue weighted by atomic mass is 9.69. The Morgan fingerprint density at radius 2 is 1.75 bits per heavy atom. The monoisotopic (exact) mass is 464 g/mol. The van der Waals surface area contributed by atoms with Crippen LogP contribution in [-0.2, 0) is 23.8 Å². The second kappa shape index (κ2) is 6.90. The lowest BCUT2D eigenvalue weighted by molar-refractivity contribution is -0.317. The molecule has 0 N–H and O–H groups in total. The van der Waals surface area contributed by atoms with Crippen LogP contribution < -0.4 is 0 Å². The van der Waals surface area contributed by atoms with Gasteiger partial charge < -0.3 is 14.2 Å². The van der Waals surface area contributed by atoms with E-state index in [4.69, 9.17) is 4.74 Å². The fraction of sp³-hybridized carbons (Fsp3) is 0.818. The molecule has 0 aromatic heterocycles. The maximum absolute atomic E-state index is 14.7. The predicted molar refractivity (Wildman–Crippen MR) is 98.2 cm³/mol. The van der Waals surface area contributed by atoms with Gasteiger partial charge in [0.25, 0.3) is 0 Å². The molecule has 32 heavy (non-hydrogen) atoms. The highest BCUT2D eigenvalue weighted by Gasteiger charge is 2.78. The molecular weight excluding hydrogens is 439 g/mol. The van der Waals surface area contributed by atoms with Crippen molar-refractivity contribution in [1.82, 2.24) is 0 Å². The minimum absolute atomic E-state index is 0.146. The van der Waals surface area contributed by atoms with Crippen LogP contribution in [0.25, 0.3) is 0 Å². The predicted octanol–water partition coefficient (Wildman–Crippen LogP) is 3.91. The van der Waals surface area contributed by atoms with E-state index in [1.807, 2.05) is 0 Å². The van der Waals surface area contributed by atoms with Crippen molar-refractivity contribution >= 4 is 11.9 Å². The number of fused-ring (bicyclic) bond motifs is 9. The molecule has 1 aliphatic heterocycles. The Morgan fingerprint density at radius 3 is 2.38 bits per heavy atom. The Balaban J connectivity index is 1.28. The van der Waals surface area contributed by atoms with E-state index in [0.29, 0.717) is 36.0 Å². The van der Waals surface area contributed by atoms with E-state index < -0.39 is 54.4 Å². The highest BCUT2D eigenvalue weighted by molar-refractivity contribution is 5.73. The van der Waals surface area contributed by atoms with Gasteiger partial charge in [-0.05, 0) is 61.7 Å². The van der Waals surface area contributed by atoms with Crippen molar-refractivity contribution in [3.8, 4) is 0 Å². The number of allylic oxidation sites excluding steroid dienone is 2. The zero-order chi connectivity index (χ0) is 23.2. The largest absolute Gasteiger partial charge is 0.463 e. The van der Waals surface area contributed by atoms with E-state index in [-0.39, 0.29) is 12.8 Å². The third-order valence-corrected chi connectivity index (χ3v) is 8.51. The van der Waals surface area contributed by atoms with Gasteiger partial charge in [0, 0.05) is 6.92 Å². The fourth-order valence-electron chi connectivity index (χ4n) is 7.21. The molecule has 0 spiro atoms. The number of ether oxygens (including phenoxy) is 3. The Hall–Kier alpha value is -1.71. The van der Waals surface area contributed by atoms with Crippen molar-refractivity contribution in [3.63, 3.8) is 0 Å². The summed E-state index contributed by atoms with van der Waals surface area (Å²) in [4.78, 5) is 24.1. The summed E-state index contributed by atoms with van der Waals surface area (Å²) in [6.45, 7) is 0.188. The quantitative estimate of drug-likeness (QED) is 0.273. The van der Waals surface area contributed by atoms with E-state index in [2.05, 4.69) is 21.6 Å². The van der Waals surface area contributed by atoms with Crippen LogP contribution in [0.1, 0.15) is 33.1 Å². The number of rotatable bonds is 4. The van der Waals surface area contributed by atoms with Gasteiger partial charge in [-0.2, -0.15) is 22.0 Å². The van der Waals surface area contributed by atoms with Crippen LogP contribution >= 0.6 is 0 Å². The Morgan fingerprint density at radius 1 is 1.09 bits per heavy atom. The second-order valence-corrected chi connectivity index (χ2v) is 10.1. The highest BCUT2D eigenvalue weighted by Crippen LogP contribution is 2.67. The van der Waals surface area contributed by atoms with Crippen LogP contribution in [0.2, 0.25) is 0 Å². The molecule has 5 rings (SSSR count). The molecule has 1 saturated heterocycles. The molecule has 10 unspecified atom stereocenters. The van der Waals surface area contributed by atoms with Crippen molar-refractivity contribution < 1.29 is 45.8 Å². The van der Waals surface area contributed by atoms with Crippen LogP contribution in [0.5, 0.6) is 0 Å². The van der Waals surface area contributed by atoms with Gasteiger partial charge >= 0.3 is 24.0 Å². The maximum atomic E-state index is 14.7. The summed E-state index contributed by atoms with van der Waals surface area (Å²) in [5.41, 5.74) is -3.87. The van der Waals surface area contributed by atoms with Crippen molar-refractivity contribution in [3.05, 3.63) is 12.2 Å². The van der Waals surface area contributed by atoms with Gasteiger partial charge in [0.15, 0.2) is 6.10 Å². The molecule has 1 heterocycles. The summed E-state index contributed by atoms with van der Waals surface area (Å²) in [5, 5.41) is 0. The molecule has 3 saturated carbocycles. The zero-order valence-electron chi connectivity index (χ0n) is 17.6. The molecule has 5 nitrogen and oxygen atoms in total. The molecule has 178 valence electrons. The number of alkyl halides is 5. The molecule has 0 radical (unpaired) electrons. The van der Waals surface area contributed by atoms with Gasteiger partial charge in [-0.1, -0.05) is 12.2 Å². The van der Waals surface area contributed by atoms with E-state index in [0.717, 1.165) is 19.8 Å². The smallest absolute Gasteiger partial charge is 0.423 e. The van der Waals surface area contributed by atoms with Crippen LogP contribution in [0.3, 0.4) is 0 Å². The van der Waals surface area contributed by atoms with Gasteiger partial charge in [-0.25, -0.2) is 0 Å². The third-order valence-electron chi connectivity index (χ3n) is 8.51. The summed E-state index contributed by atoms with van der Waals surface area (Å²) >= 11 is 0. The molecule has 0 aromatic carbocycles. The standard InChI is InChI=1S/C22H25F5O5/c1-9(28)31-18-15(32-20(2,21(18,23)24)22(25,26)27)8-30-19(29)14-7-12-6-13(14)17-11-4-3-10(5-11)16(12)17/h3-4,10-18H,5-8H2,1-2H3. The van der Waals surface area contributed by atoms with Gasteiger partial charge in [0.2, 0.25) is 5.60 Å². The van der Waals surface area contributed by atoms with Gasteiger partial charge in [-0.15, -0.1) is 0 Å². The average molecular weight is 464 g/mol. The van der Waals surface area contributed by atoms with Crippen molar-refractivity contribution in [2.24, 2.45) is 41.4 Å². The summed E-state index contributed by atoms with van der Waals surface area (Å²) in [5.74, 6) is -4.15. The van der Waals surface area contributed by atoms with E-state index in [1.54, 1.807) is 0 Å². The minimum Gasteiger partial charge on any atom is -0.463 e. The first-order chi connectivity index (χ1) is 14.8. The van der Waals surface area contributed by atoms with Crippen molar-refractivity contribution in [1.29, 1.82) is 0 Å². The Kier molecular flexibility index (Phi) is 4.76. The van der Waals surface area contributed by atoms with E-state index in [9.17, 15) is 31.5 Å². The Bertz CT molecular complexity index is 856. The molecule has 0 aromatic rings. The summed E-state index contributed by atoms with van der Waals surface area (Å²) < 4.78 is 84.0. The molecule has 4 fully saturated rings. The average Bonchev–Trinajstić information content (AvgIpc) is 3.48. The first kappa shape index (κ1) is 22.1. The maximum Gasteiger partial charge on any atom is 0.423 e. The molecule has 10 atom stereocenters. The molecule has 5 aliphatic rings. The minimum atomic E-state index is -5.43. The second-order valence-electron chi connectivity index (χ2n) is 10.1. The number of carbonyl (C=O) groups excluding carboxylic acids is 2. The number of hydrogen-bond acceptors (Lipinski definition) is 5. The lowest BCUT2D eigenvalue weighted by Crippen LogP contribution is -2.57. The third kappa shape index (κ3) is 2.90. The fourth-order valence-corrected chi connectivity index (χ4v) is 7.21. The van der Waals surface area contributed by atoms with E-state index in [1.165, 1.54) is 0 Å². The first-order valence-corrected chi connectivity index (χ1v) is 11.0. The summed E-state index contributed by atoms with van der Waals surface area (Å²) in [6.07, 6.45) is -2.71. The summed E-state index contributed by atoms with van der Waals surface area (Å²) in [6, 6.07) is 0. The van der Waals surface area contributed by atoms with E-state index >= 15 is 0 Å². The van der Waals surface area contributed by atoms with Crippen LogP contribution in [-0.4, -0.2) is 48.5 Å². The number of halogens is 5. The SMILES string of the molecule is CC(=O)OC1C(COC(=O)C2CC3CC2C2C4C=CC(C4)C32)OC(C)(C(F)(F)F)C1(F)F. The number of esters is 2. The number of carbonyl (C=O) groups is 2. The van der Waals surface area contributed by atoms with Crippen molar-refractivity contribution in [2.75, 3.05) is 6.61 Å². The van der Waals surface area contributed by atoms with Gasteiger partial charge in [-0.3, -0.25) is 9.59 Å². The number of hydrogen-bond donors (Lipinski definition) is 0. The van der Waals surface area contributed by atoms with Crippen LogP contribution in [0.15, 0.2) is 12.2 Å². The molecular formula is C22H25F5O5. The normalized spacial score (nSPS) is 47.7. The molecule has 10 heteroatoms. The van der Waals surface area contributed by atoms with Gasteiger partial charge in [0.05, 0.1) is 5.92 Å². The Labute approximate surface area is 181 Å².